The lowest BCUT2D eigenvalue weighted by Gasteiger charge is -2.25. The van der Waals surface area contributed by atoms with E-state index in [0.717, 1.165) is 6.07 Å². The molecule has 1 aromatic heterocycles. The number of ether oxygens (including phenoxy) is 2. The third-order valence-corrected chi connectivity index (χ3v) is 4.30. The van der Waals surface area contributed by atoms with E-state index in [1.165, 1.54) is 22.8 Å². The molecule has 5 nitrogen and oxygen atoms in total. The highest BCUT2D eigenvalue weighted by Crippen LogP contribution is 2.37. The molecule has 0 N–H and O–H groups in total. The number of hydrogen-bond acceptors (Lipinski definition) is 4. The van der Waals surface area contributed by atoms with Gasteiger partial charge in [-0.15, -0.1) is 10.2 Å². The zero-order valence-electron chi connectivity index (χ0n) is 15.9. The van der Waals surface area contributed by atoms with Crippen molar-refractivity contribution in [1.29, 1.82) is 0 Å². The van der Waals surface area contributed by atoms with Crippen LogP contribution in [0.25, 0.3) is 11.4 Å². The van der Waals surface area contributed by atoms with Gasteiger partial charge in [-0.25, -0.2) is 0 Å². The third-order valence-electron chi connectivity index (χ3n) is 4.30. The summed E-state index contributed by atoms with van der Waals surface area (Å²) in [7, 11) is 3.17. The van der Waals surface area contributed by atoms with Gasteiger partial charge < -0.3 is 14.0 Å². The summed E-state index contributed by atoms with van der Waals surface area (Å²) in [5.41, 5.74) is -1.74. The van der Waals surface area contributed by atoms with Crippen LogP contribution in [0, 0.1) is 0 Å². The zero-order valence-corrected chi connectivity index (χ0v) is 15.9. The van der Waals surface area contributed by atoms with Crippen molar-refractivity contribution in [3.05, 3.63) is 59.9 Å². The van der Waals surface area contributed by atoms with Crippen LogP contribution in [0.3, 0.4) is 0 Å². The summed E-state index contributed by atoms with van der Waals surface area (Å²) in [6.45, 7) is 3.55. The van der Waals surface area contributed by atoms with Gasteiger partial charge in [-0.3, -0.25) is 0 Å². The van der Waals surface area contributed by atoms with Crippen molar-refractivity contribution in [2.24, 2.45) is 7.05 Å². The largest absolute Gasteiger partial charge is 0.497 e. The van der Waals surface area contributed by atoms with E-state index in [-0.39, 0.29) is 11.4 Å². The van der Waals surface area contributed by atoms with Gasteiger partial charge in [0, 0.05) is 18.7 Å². The second-order valence-electron chi connectivity index (χ2n) is 6.74. The van der Waals surface area contributed by atoms with Crippen molar-refractivity contribution < 1.29 is 22.6 Å². The Morgan fingerprint density at radius 2 is 1.61 bits per heavy atom. The lowest BCUT2D eigenvalue weighted by molar-refractivity contribution is -0.137. The topological polar surface area (TPSA) is 49.2 Å². The van der Waals surface area contributed by atoms with E-state index in [4.69, 9.17) is 9.47 Å². The van der Waals surface area contributed by atoms with Crippen LogP contribution in [0.15, 0.2) is 48.5 Å². The van der Waals surface area contributed by atoms with E-state index in [1.807, 2.05) is 0 Å². The minimum Gasteiger partial charge on any atom is -0.497 e. The molecule has 1 heterocycles. The molecule has 0 aliphatic rings. The highest BCUT2D eigenvalue weighted by atomic mass is 19.4. The van der Waals surface area contributed by atoms with Gasteiger partial charge in [-0.2, -0.15) is 13.2 Å². The molecule has 0 spiro atoms. The minimum absolute atomic E-state index is 0.0339. The smallest absolute Gasteiger partial charge is 0.417 e. The summed E-state index contributed by atoms with van der Waals surface area (Å²) in [6.07, 6.45) is -4.49. The number of aromatic nitrogens is 3. The van der Waals surface area contributed by atoms with Crippen molar-refractivity contribution in [3.8, 4) is 22.9 Å². The summed E-state index contributed by atoms with van der Waals surface area (Å²) in [5.74, 6) is 1.68. The number of hydrogen-bond donors (Lipinski definition) is 0. The standard InChI is InChI=1S/C20H20F3N3O2/c1-19(2,28-14-9-7-8-13(12-14)27-4)18-25-24-17(26(18)3)15-10-5-6-11-16(15)20(21,22)23/h5-12H,1-4H3. The van der Waals surface area contributed by atoms with Crippen molar-refractivity contribution >= 4 is 0 Å². The summed E-state index contributed by atoms with van der Waals surface area (Å²) < 4.78 is 52.9. The van der Waals surface area contributed by atoms with Crippen LogP contribution < -0.4 is 9.47 Å². The minimum atomic E-state index is -4.49. The van der Waals surface area contributed by atoms with Crippen LogP contribution in [-0.4, -0.2) is 21.9 Å². The Morgan fingerprint density at radius 3 is 2.29 bits per heavy atom. The Hall–Kier alpha value is -3.03. The van der Waals surface area contributed by atoms with Crippen molar-refractivity contribution in [1.82, 2.24) is 14.8 Å². The molecule has 2 aromatic carbocycles. The molecule has 0 saturated carbocycles. The Labute approximate surface area is 160 Å². The predicted molar refractivity (Wildman–Crippen MR) is 98.1 cm³/mol. The first-order valence-corrected chi connectivity index (χ1v) is 8.53. The van der Waals surface area contributed by atoms with Crippen LogP contribution in [0.2, 0.25) is 0 Å². The highest BCUT2D eigenvalue weighted by Gasteiger charge is 2.36. The molecule has 0 bridgehead atoms. The van der Waals surface area contributed by atoms with Crippen LogP contribution in [0.5, 0.6) is 11.5 Å². The SMILES string of the molecule is COc1cccc(OC(C)(C)c2nnc(-c3ccccc3C(F)(F)F)n2C)c1. The fraction of sp³-hybridized carbons (Fsp3) is 0.300. The van der Waals surface area contributed by atoms with Crippen molar-refractivity contribution in [3.63, 3.8) is 0 Å². The summed E-state index contributed by atoms with van der Waals surface area (Å²) in [5, 5.41) is 8.13. The van der Waals surface area contributed by atoms with Gasteiger partial charge in [0.25, 0.3) is 0 Å². The molecule has 0 amide bonds. The van der Waals surface area contributed by atoms with E-state index in [9.17, 15) is 13.2 Å². The van der Waals surface area contributed by atoms with E-state index >= 15 is 0 Å². The van der Waals surface area contributed by atoms with Gasteiger partial charge in [0.1, 0.15) is 11.5 Å². The van der Waals surface area contributed by atoms with Crippen LogP contribution in [-0.2, 0) is 18.8 Å². The first kappa shape index (κ1) is 19.7. The molecule has 0 fully saturated rings. The van der Waals surface area contributed by atoms with E-state index in [1.54, 1.807) is 52.3 Å². The van der Waals surface area contributed by atoms with E-state index in [0.29, 0.717) is 17.3 Å². The Bertz CT molecular complexity index is 981. The molecule has 0 unspecified atom stereocenters. The maximum Gasteiger partial charge on any atom is 0.417 e. The molecule has 0 aliphatic heterocycles. The maximum atomic E-state index is 13.4. The zero-order chi connectivity index (χ0) is 20.5. The normalized spacial score (nSPS) is 12.1. The summed E-state index contributed by atoms with van der Waals surface area (Å²) >= 11 is 0. The highest BCUT2D eigenvalue weighted by molar-refractivity contribution is 5.61. The molecule has 0 aliphatic carbocycles. The summed E-state index contributed by atoms with van der Waals surface area (Å²) in [4.78, 5) is 0. The van der Waals surface area contributed by atoms with Gasteiger partial charge >= 0.3 is 6.18 Å². The number of nitrogens with zero attached hydrogens (tertiary/aromatic N) is 3. The van der Waals surface area contributed by atoms with Gasteiger partial charge in [-0.1, -0.05) is 24.3 Å². The number of rotatable bonds is 5. The molecular formula is C20H20F3N3O2. The van der Waals surface area contributed by atoms with E-state index < -0.39 is 17.3 Å². The Kier molecular flexibility index (Phi) is 5.06. The van der Waals surface area contributed by atoms with Gasteiger partial charge in [-0.05, 0) is 32.0 Å². The Morgan fingerprint density at radius 1 is 0.929 bits per heavy atom. The number of halogens is 3. The lowest BCUT2D eigenvalue weighted by Crippen LogP contribution is -2.29. The number of benzene rings is 2. The van der Waals surface area contributed by atoms with Gasteiger partial charge in [0.15, 0.2) is 17.2 Å². The first-order chi connectivity index (χ1) is 13.1. The monoisotopic (exact) mass is 391 g/mol. The second kappa shape index (κ2) is 7.18. The molecule has 28 heavy (non-hydrogen) atoms. The molecule has 3 rings (SSSR count). The molecule has 0 radical (unpaired) electrons. The quantitative estimate of drug-likeness (QED) is 0.626. The van der Waals surface area contributed by atoms with Crippen LogP contribution >= 0.6 is 0 Å². The molecule has 3 aromatic rings. The first-order valence-electron chi connectivity index (χ1n) is 8.53. The number of methoxy groups -OCH3 is 1. The fourth-order valence-electron chi connectivity index (χ4n) is 3.02. The van der Waals surface area contributed by atoms with Crippen molar-refractivity contribution in [2.75, 3.05) is 7.11 Å². The lowest BCUT2D eigenvalue weighted by atomic mass is 10.1. The van der Waals surface area contributed by atoms with Crippen LogP contribution in [0.4, 0.5) is 13.2 Å². The van der Waals surface area contributed by atoms with Gasteiger partial charge in [0.05, 0.1) is 12.7 Å². The predicted octanol–water partition coefficient (Wildman–Crippen LogP) is 4.82. The molecule has 8 heteroatoms. The molecule has 0 saturated heterocycles. The average molecular weight is 391 g/mol. The molecule has 0 atom stereocenters. The van der Waals surface area contributed by atoms with Crippen LogP contribution in [0.1, 0.15) is 25.2 Å². The summed E-state index contributed by atoms with van der Waals surface area (Å²) in [6, 6.07) is 12.4. The number of alkyl halides is 3. The maximum absolute atomic E-state index is 13.4. The fourth-order valence-corrected chi connectivity index (χ4v) is 3.02. The van der Waals surface area contributed by atoms with Crippen molar-refractivity contribution in [2.45, 2.75) is 25.6 Å². The molecule has 148 valence electrons. The molecular weight excluding hydrogens is 371 g/mol. The third kappa shape index (κ3) is 3.81. The Balaban J connectivity index is 1.99. The average Bonchev–Trinajstić information content (AvgIpc) is 3.03. The second-order valence-corrected chi connectivity index (χ2v) is 6.74. The van der Waals surface area contributed by atoms with Gasteiger partial charge in [0.2, 0.25) is 0 Å². The van der Waals surface area contributed by atoms with E-state index in [2.05, 4.69) is 10.2 Å².